The molecule has 1 heterocycles. The van der Waals surface area contributed by atoms with E-state index in [0.717, 1.165) is 28.6 Å². The fourth-order valence-corrected chi connectivity index (χ4v) is 2.87. The summed E-state index contributed by atoms with van der Waals surface area (Å²) in [7, 11) is 0. The van der Waals surface area contributed by atoms with Crippen molar-refractivity contribution in [2.75, 3.05) is 5.75 Å². The molecule has 1 aromatic carbocycles. The van der Waals surface area contributed by atoms with Crippen molar-refractivity contribution in [1.29, 1.82) is 0 Å². The summed E-state index contributed by atoms with van der Waals surface area (Å²) < 4.78 is 0. The van der Waals surface area contributed by atoms with Crippen molar-refractivity contribution < 1.29 is 4.79 Å². The zero-order valence-corrected chi connectivity index (χ0v) is 11.7. The van der Waals surface area contributed by atoms with Gasteiger partial charge >= 0.3 is 0 Å². The molecule has 1 aromatic rings. The number of amides is 1. The van der Waals surface area contributed by atoms with Crippen molar-refractivity contribution in [1.82, 2.24) is 5.32 Å². The topological polar surface area (TPSA) is 41.5 Å². The van der Waals surface area contributed by atoms with Gasteiger partial charge in [-0.3, -0.25) is 9.79 Å². The van der Waals surface area contributed by atoms with Crippen LogP contribution in [-0.4, -0.2) is 23.5 Å². The third-order valence-electron chi connectivity index (χ3n) is 2.64. The summed E-state index contributed by atoms with van der Waals surface area (Å²) in [5.41, 5.74) is 0. The van der Waals surface area contributed by atoms with Crippen molar-refractivity contribution in [3.63, 3.8) is 0 Å². The molecule has 2 rings (SSSR count). The number of rotatable bonds is 5. The Hall–Kier alpha value is -1.00. The third-order valence-corrected chi connectivity index (χ3v) is 4.17. The minimum Gasteiger partial charge on any atom is -0.312 e. The summed E-state index contributed by atoms with van der Waals surface area (Å²) in [6, 6.07) is 7.48. The minimum atomic E-state index is -0.197. The first-order chi connectivity index (χ1) is 8.70. The molecule has 5 heteroatoms. The van der Waals surface area contributed by atoms with E-state index in [0.29, 0.717) is 5.75 Å². The summed E-state index contributed by atoms with van der Waals surface area (Å²) in [5.74, 6) is 1.42. The van der Waals surface area contributed by atoms with E-state index in [-0.39, 0.29) is 11.9 Å². The van der Waals surface area contributed by atoms with Crippen LogP contribution in [0.15, 0.2) is 34.2 Å². The van der Waals surface area contributed by atoms with Crippen molar-refractivity contribution in [2.24, 2.45) is 4.99 Å². The molecular formula is C13H15ClN2OS. The van der Waals surface area contributed by atoms with Crippen LogP contribution in [0.4, 0.5) is 0 Å². The molecule has 0 radical (unpaired) electrons. The lowest BCUT2D eigenvalue weighted by Crippen LogP contribution is -2.29. The number of carbonyl (C=O) groups is 1. The SMILES string of the molecule is CCCC1N=C(CSc2ccccc2Cl)NC1=O. The predicted molar refractivity (Wildman–Crippen MR) is 76.4 cm³/mol. The first-order valence-corrected chi connectivity index (χ1v) is 7.32. The fraction of sp³-hybridized carbons (Fsp3) is 0.385. The average Bonchev–Trinajstić information content (AvgIpc) is 2.70. The highest BCUT2D eigenvalue weighted by atomic mass is 35.5. The Bertz CT molecular complexity index is 476. The molecule has 0 aromatic heterocycles. The van der Waals surface area contributed by atoms with Gasteiger partial charge < -0.3 is 5.32 Å². The van der Waals surface area contributed by atoms with Gasteiger partial charge in [0.2, 0.25) is 5.91 Å². The van der Waals surface area contributed by atoms with Crippen molar-refractivity contribution >= 4 is 35.1 Å². The van der Waals surface area contributed by atoms with Gasteiger partial charge in [0.15, 0.2) is 0 Å². The Kier molecular flexibility index (Phi) is 4.66. The monoisotopic (exact) mass is 282 g/mol. The van der Waals surface area contributed by atoms with Crippen LogP contribution in [0.1, 0.15) is 19.8 Å². The van der Waals surface area contributed by atoms with Crippen LogP contribution in [0.25, 0.3) is 0 Å². The second kappa shape index (κ2) is 6.25. The summed E-state index contributed by atoms with van der Waals surface area (Å²) in [6.07, 6.45) is 1.78. The molecule has 1 amide bonds. The smallest absolute Gasteiger partial charge is 0.250 e. The van der Waals surface area contributed by atoms with Gasteiger partial charge in [-0.25, -0.2) is 0 Å². The number of nitrogens with one attached hydrogen (secondary N) is 1. The van der Waals surface area contributed by atoms with Gasteiger partial charge in [-0.15, -0.1) is 11.8 Å². The van der Waals surface area contributed by atoms with E-state index in [2.05, 4.69) is 17.2 Å². The lowest BCUT2D eigenvalue weighted by atomic mass is 10.2. The second-order valence-electron chi connectivity index (χ2n) is 4.09. The molecular weight excluding hydrogens is 268 g/mol. The number of carbonyl (C=O) groups excluding carboxylic acids is 1. The minimum absolute atomic E-state index is 0.0200. The number of halogens is 1. The molecule has 96 valence electrons. The molecule has 0 bridgehead atoms. The Morgan fingerprint density at radius 3 is 2.94 bits per heavy atom. The standard InChI is InChI=1S/C13H15ClN2OS/c1-2-5-10-13(17)16-12(15-10)8-18-11-7-4-3-6-9(11)14/h3-4,6-7,10H,2,5,8H2,1H3,(H,15,16,17). The van der Waals surface area contributed by atoms with Crippen molar-refractivity contribution in [3.8, 4) is 0 Å². The number of aliphatic imine (C=N–C) groups is 1. The molecule has 0 aliphatic carbocycles. The van der Waals surface area contributed by atoms with Crippen LogP contribution in [0.5, 0.6) is 0 Å². The number of thioether (sulfide) groups is 1. The molecule has 0 fully saturated rings. The summed E-state index contributed by atoms with van der Waals surface area (Å²) >= 11 is 7.66. The van der Waals surface area contributed by atoms with Gasteiger partial charge in [-0.1, -0.05) is 37.1 Å². The van der Waals surface area contributed by atoms with Gasteiger partial charge in [-0.2, -0.15) is 0 Å². The van der Waals surface area contributed by atoms with Crippen LogP contribution in [0.2, 0.25) is 5.02 Å². The third kappa shape index (κ3) is 3.27. The van der Waals surface area contributed by atoms with Gasteiger partial charge in [0.25, 0.3) is 0 Å². The number of nitrogens with zero attached hydrogens (tertiary/aromatic N) is 1. The van der Waals surface area contributed by atoms with E-state index < -0.39 is 0 Å². The van der Waals surface area contributed by atoms with Gasteiger partial charge in [-0.05, 0) is 18.6 Å². The molecule has 0 spiro atoms. The van der Waals surface area contributed by atoms with E-state index in [1.54, 1.807) is 11.8 Å². The maximum Gasteiger partial charge on any atom is 0.250 e. The molecule has 1 atom stereocenters. The zero-order valence-electron chi connectivity index (χ0n) is 10.1. The summed E-state index contributed by atoms with van der Waals surface area (Å²) in [6.45, 7) is 2.05. The highest BCUT2D eigenvalue weighted by Crippen LogP contribution is 2.26. The molecule has 1 unspecified atom stereocenters. The molecule has 0 saturated heterocycles. The highest BCUT2D eigenvalue weighted by Gasteiger charge is 2.24. The largest absolute Gasteiger partial charge is 0.312 e. The maximum atomic E-state index is 11.6. The Balaban J connectivity index is 1.94. The van der Waals surface area contributed by atoms with Crippen LogP contribution in [0, 0.1) is 0 Å². The average molecular weight is 283 g/mol. The number of hydrogen-bond donors (Lipinski definition) is 1. The first kappa shape index (κ1) is 13.4. The number of amidine groups is 1. The van der Waals surface area contributed by atoms with E-state index in [9.17, 15) is 4.79 Å². The van der Waals surface area contributed by atoms with E-state index in [1.807, 2.05) is 24.3 Å². The zero-order chi connectivity index (χ0) is 13.0. The summed E-state index contributed by atoms with van der Waals surface area (Å²) in [4.78, 5) is 17.0. The molecule has 0 saturated carbocycles. The van der Waals surface area contributed by atoms with E-state index in [1.165, 1.54) is 0 Å². The molecule has 3 nitrogen and oxygen atoms in total. The fourth-order valence-electron chi connectivity index (χ4n) is 1.75. The lowest BCUT2D eigenvalue weighted by molar-refractivity contribution is -0.120. The summed E-state index contributed by atoms with van der Waals surface area (Å²) in [5, 5.41) is 3.56. The normalized spacial score (nSPS) is 18.7. The maximum absolute atomic E-state index is 11.6. The van der Waals surface area contributed by atoms with Crippen molar-refractivity contribution in [2.45, 2.75) is 30.7 Å². The highest BCUT2D eigenvalue weighted by molar-refractivity contribution is 8.00. The van der Waals surface area contributed by atoms with Gasteiger partial charge in [0.1, 0.15) is 11.9 Å². The second-order valence-corrected chi connectivity index (χ2v) is 5.51. The lowest BCUT2D eigenvalue weighted by Gasteiger charge is -2.03. The van der Waals surface area contributed by atoms with Gasteiger partial charge in [0.05, 0.1) is 10.8 Å². The Morgan fingerprint density at radius 2 is 2.22 bits per heavy atom. The Labute approximate surface area is 116 Å². The molecule has 1 aliphatic rings. The predicted octanol–water partition coefficient (Wildman–Crippen LogP) is 3.13. The van der Waals surface area contributed by atoms with Crippen LogP contribution >= 0.6 is 23.4 Å². The molecule has 18 heavy (non-hydrogen) atoms. The van der Waals surface area contributed by atoms with Crippen molar-refractivity contribution in [3.05, 3.63) is 29.3 Å². The van der Waals surface area contributed by atoms with Crippen LogP contribution in [-0.2, 0) is 4.79 Å². The van der Waals surface area contributed by atoms with E-state index in [4.69, 9.17) is 11.6 Å². The van der Waals surface area contributed by atoms with Gasteiger partial charge in [0, 0.05) is 4.90 Å². The number of benzene rings is 1. The molecule has 1 aliphatic heterocycles. The van der Waals surface area contributed by atoms with Crippen LogP contribution in [0.3, 0.4) is 0 Å². The number of hydrogen-bond acceptors (Lipinski definition) is 3. The van der Waals surface area contributed by atoms with Crippen LogP contribution < -0.4 is 5.32 Å². The molecule has 1 N–H and O–H groups in total. The quantitative estimate of drug-likeness (QED) is 0.843. The van der Waals surface area contributed by atoms with E-state index >= 15 is 0 Å². The Morgan fingerprint density at radius 1 is 1.44 bits per heavy atom. The first-order valence-electron chi connectivity index (χ1n) is 5.95.